The van der Waals surface area contributed by atoms with Gasteiger partial charge in [-0.1, -0.05) is 42.8 Å². The molecule has 2 heteroatoms. The molecule has 0 amide bonds. The third-order valence-electron chi connectivity index (χ3n) is 5.12. The van der Waals surface area contributed by atoms with E-state index in [1.165, 1.54) is 23.8 Å². The van der Waals surface area contributed by atoms with Gasteiger partial charge in [0.25, 0.3) is 0 Å². The molecule has 0 spiro atoms. The molecule has 106 valence electrons. The molecule has 0 heterocycles. The zero-order chi connectivity index (χ0) is 14.5. The maximum Gasteiger partial charge on any atom is 0.316 e. The lowest BCUT2D eigenvalue weighted by atomic mass is 9.83. The van der Waals surface area contributed by atoms with Crippen LogP contribution < -0.4 is 0 Å². The number of ether oxygens (including phenoxy) is 1. The topological polar surface area (TPSA) is 26.3 Å². The van der Waals surface area contributed by atoms with E-state index in [1.807, 2.05) is 13.0 Å². The van der Waals surface area contributed by atoms with Crippen LogP contribution >= 0.6 is 0 Å². The monoisotopic (exact) mass is 270 g/mol. The minimum absolute atomic E-state index is 0.0767. The van der Waals surface area contributed by atoms with Crippen molar-refractivity contribution in [3.05, 3.63) is 47.0 Å². The number of aryl methyl sites for hydroxylation is 1. The highest BCUT2D eigenvalue weighted by Gasteiger charge is 2.70. The van der Waals surface area contributed by atoms with E-state index in [1.54, 1.807) is 0 Å². The third kappa shape index (κ3) is 1.60. The number of rotatable bonds is 2. The molecule has 1 fully saturated rings. The lowest BCUT2D eigenvalue weighted by Gasteiger charge is -2.21. The van der Waals surface area contributed by atoms with Crippen molar-refractivity contribution in [1.82, 2.24) is 0 Å². The molecule has 0 aromatic heterocycles. The fourth-order valence-corrected chi connectivity index (χ4v) is 4.23. The number of allylic oxidation sites excluding steroid dienone is 1. The van der Waals surface area contributed by atoms with Crippen molar-refractivity contribution in [2.24, 2.45) is 11.3 Å². The summed E-state index contributed by atoms with van der Waals surface area (Å²) in [5, 5.41) is 0. The van der Waals surface area contributed by atoms with E-state index in [2.05, 4.69) is 38.1 Å². The van der Waals surface area contributed by atoms with Crippen LogP contribution in [0.4, 0.5) is 0 Å². The predicted octanol–water partition coefficient (Wildman–Crippen LogP) is 3.95. The Balaban J connectivity index is 2.12. The average Bonchev–Trinajstić information content (AvgIpc) is 3.07. The van der Waals surface area contributed by atoms with Crippen molar-refractivity contribution in [3.8, 4) is 0 Å². The van der Waals surface area contributed by atoms with Crippen molar-refractivity contribution in [2.75, 3.05) is 7.11 Å². The van der Waals surface area contributed by atoms with Crippen molar-refractivity contribution >= 4 is 5.97 Å². The summed E-state index contributed by atoms with van der Waals surface area (Å²) in [6, 6.07) is 6.67. The van der Waals surface area contributed by atoms with Crippen LogP contribution in [0.1, 0.15) is 48.8 Å². The van der Waals surface area contributed by atoms with Crippen LogP contribution in [0.5, 0.6) is 0 Å². The summed E-state index contributed by atoms with van der Waals surface area (Å²) in [5.74, 6) is 1.14. The molecular weight excluding hydrogens is 248 g/mol. The highest BCUT2D eigenvalue weighted by atomic mass is 16.5. The third-order valence-corrected chi connectivity index (χ3v) is 5.12. The molecule has 20 heavy (non-hydrogen) atoms. The van der Waals surface area contributed by atoms with Gasteiger partial charge in [0.2, 0.25) is 0 Å². The number of hydrogen-bond donors (Lipinski definition) is 0. The van der Waals surface area contributed by atoms with E-state index >= 15 is 0 Å². The molecule has 2 aliphatic rings. The van der Waals surface area contributed by atoms with Gasteiger partial charge in [-0.2, -0.15) is 0 Å². The Morgan fingerprint density at radius 3 is 2.80 bits per heavy atom. The number of methoxy groups -OCH3 is 1. The molecule has 1 unspecified atom stereocenters. The van der Waals surface area contributed by atoms with Gasteiger partial charge >= 0.3 is 5.97 Å². The fourth-order valence-electron chi connectivity index (χ4n) is 4.23. The second-order valence-corrected chi connectivity index (χ2v) is 6.28. The summed E-state index contributed by atoms with van der Waals surface area (Å²) in [6.45, 7) is 6.36. The number of esters is 1. The second kappa shape index (κ2) is 4.47. The molecule has 0 N–H and O–H groups in total. The van der Waals surface area contributed by atoms with Crippen LogP contribution in [0.3, 0.4) is 0 Å². The van der Waals surface area contributed by atoms with Crippen LogP contribution in [0, 0.1) is 18.3 Å². The first-order valence-corrected chi connectivity index (χ1v) is 7.39. The Morgan fingerprint density at radius 2 is 2.15 bits per heavy atom. The number of hydrogen-bond acceptors (Lipinski definition) is 2. The highest BCUT2D eigenvalue weighted by molar-refractivity contribution is 5.86. The van der Waals surface area contributed by atoms with Gasteiger partial charge in [-0.15, -0.1) is 0 Å². The lowest BCUT2D eigenvalue weighted by molar-refractivity contribution is -0.145. The van der Waals surface area contributed by atoms with E-state index in [-0.39, 0.29) is 5.97 Å². The molecule has 3 rings (SSSR count). The summed E-state index contributed by atoms with van der Waals surface area (Å²) >= 11 is 0. The van der Waals surface area contributed by atoms with E-state index in [4.69, 9.17) is 4.74 Å². The first-order valence-electron chi connectivity index (χ1n) is 7.39. The number of carbonyl (C=O) groups excluding carboxylic acids is 1. The number of carbonyl (C=O) groups is 1. The second-order valence-electron chi connectivity index (χ2n) is 6.28. The predicted molar refractivity (Wildman–Crippen MR) is 79.7 cm³/mol. The SMILES string of the molecule is C/C=C/[C@@]1(C(=O)OC)C2c3cc(C)ccc3[C@@H](C)C[C@H]21. The van der Waals surface area contributed by atoms with Crippen LogP contribution in [-0.2, 0) is 9.53 Å². The van der Waals surface area contributed by atoms with Crippen LogP contribution in [0.25, 0.3) is 0 Å². The molecular formula is C18H22O2. The molecule has 0 bridgehead atoms. The normalized spacial score (nSPS) is 34.5. The molecule has 1 saturated carbocycles. The zero-order valence-corrected chi connectivity index (χ0v) is 12.6. The van der Waals surface area contributed by atoms with Gasteiger partial charge in [0, 0.05) is 5.92 Å². The van der Waals surface area contributed by atoms with Crippen molar-refractivity contribution in [3.63, 3.8) is 0 Å². The Labute approximate surface area is 120 Å². The minimum Gasteiger partial charge on any atom is -0.468 e. The van der Waals surface area contributed by atoms with Gasteiger partial charge in [0.1, 0.15) is 0 Å². The van der Waals surface area contributed by atoms with Gasteiger partial charge in [-0.25, -0.2) is 0 Å². The molecule has 4 atom stereocenters. The Hall–Kier alpha value is -1.57. The number of benzene rings is 1. The Morgan fingerprint density at radius 1 is 1.40 bits per heavy atom. The Bertz CT molecular complexity index is 587. The van der Waals surface area contributed by atoms with Gasteiger partial charge in [0.05, 0.1) is 12.5 Å². The zero-order valence-electron chi connectivity index (χ0n) is 12.6. The molecule has 0 aliphatic heterocycles. The molecule has 2 nitrogen and oxygen atoms in total. The minimum atomic E-state index is -0.420. The summed E-state index contributed by atoms with van der Waals surface area (Å²) in [5.41, 5.74) is 3.61. The lowest BCUT2D eigenvalue weighted by Crippen LogP contribution is -2.18. The maximum absolute atomic E-state index is 12.4. The maximum atomic E-state index is 12.4. The van der Waals surface area contributed by atoms with Crippen molar-refractivity contribution < 1.29 is 9.53 Å². The van der Waals surface area contributed by atoms with Crippen molar-refractivity contribution in [2.45, 2.75) is 39.0 Å². The molecule has 2 aliphatic carbocycles. The van der Waals surface area contributed by atoms with Gasteiger partial charge in [-0.05, 0) is 43.2 Å². The van der Waals surface area contributed by atoms with Crippen molar-refractivity contribution in [1.29, 1.82) is 0 Å². The molecule has 1 aromatic carbocycles. The molecule has 0 radical (unpaired) electrons. The van der Waals surface area contributed by atoms with E-state index < -0.39 is 5.41 Å². The van der Waals surface area contributed by atoms with Gasteiger partial charge in [-0.3, -0.25) is 4.79 Å². The summed E-state index contributed by atoms with van der Waals surface area (Å²) in [7, 11) is 1.50. The summed E-state index contributed by atoms with van der Waals surface area (Å²) < 4.78 is 5.11. The van der Waals surface area contributed by atoms with E-state index in [9.17, 15) is 4.79 Å². The standard InChI is InChI=1S/C18H22O2/c1-5-8-18(17(19)20-4)15-10-12(3)13-7-6-11(2)9-14(13)16(15)18/h5-9,12,15-16H,10H2,1-4H3/b8-5+/t12-,15+,16?,18-/m0/s1. The fraction of sp³-hybridized carbons (Fsp3) is 0.500. The van der Waals surface area contributed by atoms with E-state index in [0.717, 1.165) is 6.42 Å². The number of fused-ring (bicyclic) bond motifs is 3. The first kappa shape index (κ1) is 13.4. The van der Waals surface area contributed by atoms with Crippen LogP contribution in [-0.4, -0.2) is 13.1 Å². The van der Waals surface area contributed by atoms with Crippen LogP contribution in [0.2, 0.25) is 0 Å². The largest absolute Gasteiger partial charge is 0.468 e. The van der Waals surface area contributed by atoms with Gasteiger partial charge < -0.3 is 4.74 Å². The van der Waals surface area contributed by atoms with Crippen LogP contribution in [0.15, 0.2) is 30.4 Å². The smallest absolute Gasteiger partial charge is 0.316 e. The average molecular weight is 270 g/mol. The summed E-state index contributed by atoms with van der Waals surface area (Å²) in [6.07, 6.45) is 5.13. The van der Waals surface area contributed by atoms with E-state index in [0.29, 0.717) is 17.8 Å². The highest BCUT2D eigenvalue weighted by Crippen LogP contribution is 2.72. The molecule has 1 aromatic rings. The first-order chi connectivity index (χ1) is 9.56. The van der Waals surface area contributed by atoms with Gasteiger partial charge in [0.15, 0.2) is 0 Å². The molecule has 0 saturated heterocycles. The quantitative estimate of drug-likeness (QED) is 0.601. The Kier molecular flexibility index (Phi) is 3.00. The summed E-state index contributed by atoms with van der Waals surface area (Å²) in [4.78, 5) is 12.4.